The molecular formula is C17H15FN4O3. The van der Waals surface area contributed by atoms with Crippen LogP contribution in [-0.2, 0) is 4.74 Å². The van der Waals surface area contributed by atoms with Crippen LogP contribution in [0.15, 0.2) is 41.0 Å². The zero-order valence-electron chi connectivity index (χ0n) is 13.2. The predicted octanol–water partition coefficient (Wildman–Crippen LogP) is 2.45. The van der Waals surface area contributed by atoms with Gasteiger partial charge < -0.3 is 15.0 Å². The second kappa shape index (κ2) is 6.48. The summed E-state index contributed by atoms with van der Waals surface area (Å²) in [5, 5.41) is 10.6. The summed E-state index contributed by atoms with van der Waals surface area (Å²) in [5.74, 6) is -0.897. The minimum atomic E-state index is -0.469. The third-order valence-corrected chi connectivity index (χ3v) is 4.08. The Labute approximate surface area is 142 Å². The first-order valence-corrected chi connectivity index (χ1v) is 7.87. The number of nitrogens with one attached hydrogen (secondary N) is 1. The van der Waals surface area contributed by atoms with Crippen LogP contribution >= 0.6 is 0 Å². The predicted molar refractivity (Wildman–Crippen MR) is 89.2 cm³/mol. The lowest BCUT2D eigenvalue weighted by atomic mass is 10.1. The molecule has 0 saturated carbocycles. The lowest BCUT2D eigenvalue weighted by molar-refractivity contribution is 0.102. The minimum Gasteiger partial charge on any atom is -0.378 e. The van der Waals surface area contributed by atoms with Crippen LogP contribution in [-0.4, -0.2) is 42.5 Å². The van der Waals surface area contributed by atoms with E-state index in [4.69, 9.17) is 9.37 Å². The van der Waals surface area contributed by atoms with Crippen molar-refractivity contribution in [3.05, 3.63) is 47.8 Å². The number of nitrogens with zero attached hydrogens (tertiary/aromatic N) is 3. The van der Waals surface area contributed by atoms with Gasteiger partial charge in [0.15, 0.2) is 11.0 Å². The van der Waals surface area contributed by atoms with E-state index in [9.17, 15) is 9.18 Å². The number of halogens is 1. The summed E-state index contributed by atoms with van der Waals surface area (Å²) in [6.07, 6.45) is 0. The van der Waals surface area contributed by atoms with Crippen LogP contribution in [0.3, 0.4) is 0 Å². The lowest BCUT2D eigenvalue weighted by Crippen LogP contribution is -2.36. The second-order valence-electron chi connectivity index (χ2n) is 5.66. The zero-order valence-corrected chi connectivity index (χ0v) is 13.2. The van der Waals surface area contributed by atoms with Crippen molar-refractivity contribution in [3.63, 3.8) is 0 Å². The Bertz CT molecular complexity index is 921. The van der Waals surface area contributed by atoms with E-state index < -0.39 is 11.7 Å². The summed E-state index contributed by atoms with van der Waals surface area (Å²) in [6.45, 7) is 2.78. The standard InChI is InChI=1S/C17H15FN4O3/c18-12-3-1-2-11(10-12)17(23)19-13-4-5-14(16-15(13)20-25-21-16)22-6-8-24-9-7-22/h1-5,10H,6-9H2,(H,19,23). The normalized spacial score (nSPS) is 14.7. The molecule has 0 aliphatic carbocycles. The average molecular weight is 342 g/mol. The number of morpholine rings is 1. The van der Waals surface area contributed by atoms with Crippen molar-refractivity contribution in [3.8, 4) is 0 Å². The van der Waals surface area contributed by atoms with Crippen LogP contribution in [0.4, 0.5) is 15.8 Å². The summed E-state index contributed by atoms with van der Waals surface area (Å²) in [6, 6.07) is 9.09. The van der Waals surface area contributed by atoms with E-state index >= 15 is 0 Å². The van der Waals surface area contributed by atoms with Gasteiger partial charge in [0.05, 0.1) is 24.6 Å². The molecule has 1 fully saturated rings. The lowest BCUT2D eigenvalue weighted by Gasteiger charge is -2.28. The number of aromatic nitrogens is 2. The van der Waals surface area contributed by atoms with Crippen molar-refractivity contribution >= 4 is 28.3 Å². The van der Waals surface area contributed by atoms with Gasteiger partial charge in [-0.1, -0.05) is 6.07 Å². The Balaban J connectivity index is 1.65. The molecule has 2 heterocycles. The summed E-state index contributed by atoms with van der Waals surface area (Å²) >= 11 is 0. The molecule has 7 nitrogen and oxygen atoms in total. The summed E-state index contributed by atoms with van der Waals surface area (Å²) in [4.78, 5) is 14.5. The SMILES string of the molecule is O=C(Nc1ccc(N2CCOCC2)c2nonc12)c1cccc(F)c1. The number of rotatable bonds is 3. The van der Waals surface area contributed by atoms with Gasteiger partial charge in [-0.2, -0.15) is 0 Å². The molecule has 1 aliphatic rings. The summed E-state index contributed by atoms with van der Waals surface area (Å²) in [7, 11) is 0. The molecule has 2 aromatic carbocycles. The highest BCUT2D eigenvalue weighted by molar-refractivity contribution is 6.09. The number of carbonyl (C=O) groups is 1. The van der Waals surface area contributed by atoms with Gasteiger partial charge in [0, 0.05) is 18.7 Å². The topological polar surface area (TPSA) is 80.5 Å². The molecule has 3 aromatic rings. The molecule has 25 heavy (non-hydrogen) atoms. The molecule has 1 saturated heterocycles. The number of carbonyl (C=O) groups excluding carboxylic acids is 1. The van der Waals surface area contributed by atoms with Gasteiger partial charge in [-0.25, -0.2) is 9.02 Å². The summed E-state index contributed by atoms with van der Waals surface area (Å²) < 4.78 is 23.5. The van der Waals surface area contributed by atoms with E-state index in [1.54, 1.807) is 12.1 Å². The number of anilines is 2. The highest BCUT2D eigenvalue weighted by Crippen LogP contribution is 2.30. The van der Waals surface area contributed by atoms with E-state index in [-0.39, 0.29) is 5.56 Å². The van der Waals surface area contributed by atoms with Crippen molar-refractivity contribution in [1.82, 2.24) is 10.3 Å². The Hall–Kier alpha value is -3.00. The maximum absolute atomic E-state index is 13.3. The molecule has 1 N–H and O–H groups in total. The van der Waals surface area contributed by atoms with Gasteiger partial charge in [-0.3, -0.25) is 4.79 Å². The van der Waals surface area contributed by atoms with Gasteiger partial charge >= 0.3 is 0 Å². The number of hydrogen-bond donors (Lipinski definition) is 1. The molecule has 1 amide bonds. The highest BCUT2D eigenvalue weighted by Gasteiger charge is 2.20. The van der Waals surface area contributed by atoms with Gasteiger partial charge in [0.2, 0.25) is 0 Å². The second-order valence-corrected chi connectivity index (χ2v) is 5.66. The van der Waals surface area contributed by atoms with E-state index in [1.165, 1.54) is 18.2 Å². The van der Waals surface area contributed by atoms with Gasteiger partial charge in [0.25, 0.3) is 5.91 Å². The molecule has 1 aromatic heterocycles. The van der Waals surface area contributed by atoms with Crippen molar-refractivity contribution < 1.29 is 18.6 Å². The molecule has 8 heteroatoms. The Kier molecular flexibility index (Phi) is 4.02. The van der Waals surface area contributed by atoms with Gasteiger partial charge in [0.1, 0.15) is 5.82 Å². The van der Waals surface area contributed by atoms with Crippen molar-refractivity contribution in [2.75, 3.05) is 36.5 Å². The summed E-state index contributed by atoms with van der Waals surface area (Å²) in [5.41, 5.74) is 2.58. The monoisotopic (exact) mass is 342 g/mol. The molecule has 0 spiro atoms. The van der Waals surface area contributed by atoms with Crippen LogP contribution in [0.1, 0.15) is 10.4 Å². The van der Waals surface area contributed by atoms with Crippen molar-refractivity contribution in [2.24, 2.45) is 0 Å². The largest absolute Gasteiger partial charge is 0.378 e. The molecular weight excluding hydrogens is 327 g/mol. The Morgan fingerprint density at radius 1 is 1.12 bits per heavy atom. The molecule has 0 unspecified atom stereocenters. The molecule has 0 radical (unpaired) electrons. The molecule has 0 atom stereocenters. The van der Waals surface area contributed by atoms with E-state index in [1.807, 2.05) is 6.07 Å². The smallest absolute Gasteiger partial charge is 0.255 e. The van der Waals surface area contributed by atoms with Crippen LogP contribution in [0.25, 0.3) is 11.0 Å². The van der Waals surface area contributed by atoms with Crippen LogP contribution in [0, 0.1) is 5.82 Å². The number of hydrogen-bond acceptors (Lipinski definition) is 6. The maximum atomic E-state index is 13.3. The number of amides is 1. The average Bonchev–Trinajstić information content (AvgIpc) is 3.13. The van der Waals surface area contributed by atoms with E-state index in [0.717, 1.165) is 18.8 Å². The first-order valence-electron chi connectivity index (χ1n) is 7.87. The van der Waals surface area contributed by atoms with Crippen LogP contribution in [0.5, 0.6) is 0 Å². The van der Waals surface area contributed by atoms with Gasteiger partial charge in [-0.05, 0) is 40.6 Å². The zero-order chi connectivity index (χ0) is 17.2. The Morgan fingerprint density at radius 3 is 2.72 bits per heavy atom. The first kappa shape index (κ1) is 15.5. The molecule has 1 aliphatic heterocycles. The van der Waals surface area contributed by atoms with Crippen molar-refractivity contribution in [2.45, 2.75) is 0 Å². The third kappa shape index (κ3) is 3.03. The number of ether oxygens (including phenoxy) is 1. The fraction of sp³-hybridized carbons (Fsp3) is 0.235. The molecule has 0 bridgehead atoms. The molecule has 4 rings (SSSR count). The quantitative estimate of drug-likeness (QED) is 0.787. The van der Waals surface area contributed by atoms with Gasteiger partial charge in [-0.15, -0.1) is 0 Å². The van der Waals surface area contributed by atoms with E-state index in [2.05, 4.69) is 20.5 Å². The Morgan fingerprint density at radius 2 is 1.92 bits per heavy atom. The molecule has 128 valence electrons. The van der Waals surface area contributed by atoms with Crippen LogP contribution in [0.2, 0.25) is 0 Å². The third-order valence-electron chi connectivity index (χ3n) is 4.08. The first-order chi connectivity index (χ1) is 12.2. The van der Waals surface area contributed by atoms with E-state index in [0.29, 0.717) is 29.9 Å². The maximum Gasteiger partial charge on any atom is 0.255 e. The number of fused-ring (bicyclic) bond motifs is 1. The number of benzene rings is 2. The fourth-order valence-corrected chi connectivity index (χ4v) is 2.84. The minimum absolute atomic E-state index is 0.224. The fourth-order valence-electron chi connectivity index (χ4n) is 2.84. The van der Waals surface area contributed by atoms with Crippen molar-refractivity contribution in [1.29, 1.82) is 0 Å². The van der Waals surface area contributed by atoms with Crippen LogP contribution < -0.4 is 10.2 Å². The highest BCUT2D eigenvalue weighted by atomic mass is 19.1.